The van der Waals surface area contributed by atoms with E-state index in [1.54, 1.807) is 0 Å². The first-order valence-corrected chi connectivity index (χ1v) is 8.19. The molecule has 106 valence electrons. The van der Waals surface area contributed by atoms with Crippen LogP contribution in [-0.2, 0) is 6.54 Å². The molecule has 0 saturated carbocycles. The number of aryl methyl sites for hydroxylation is 1. The first-order valence-electron chi connectivity index (χ1n) is 7.40. The fraction of sp³-hybridized carbons (Fsp3) is 0.625. The zero-order valence-electron chi connectivity index (χ0n) is 12.1. The van der Waals surface area contributed by atoms with Crippen molar-refractivity contribution in [2.45, 2.75) is 45.7 Å². The van der Waals surface area contributed by atoms with Gasteiger partial charge in [0.2, 0.25) is 0 Å². The first-order chi connectivity index (χ1) is 9.19. The van der Waals surface area contributed by atoms with Gasteiger partial charge in [-0.1, -0.05) is 35.0 Å². The van der Waals surface area contributed by atoms with Crippen LogP contribution in [-0.4, -0.2) is 30.6 Å². The van der Waals surface area contributed by atoms with Crippen molar-refractivity contribution in [2.75, 3.05) is 19.6 Å². The van der Waals surface area contributed by atoms with Gasteiger partial charge in [-0.15, -0.1) is 0 Å². The van der Waals surface area contributed by atoms with Crippen LogP contribution in [0.5, 0.6) is 0 Å². The summed E-state index contributed by atoms with van der Waals surface area (Å²) in [6.07, 6.45) is 3.88. The molecule has 0 aliphatic carbocycles. The van der Waals surface area contributed by atoms with E-state index < -0.39 is 0 Å². The van der Waals surface area contributed by atoms with Crippen molar-refractivity contribution in [3.05, 3.63) is 33.8 Å². The van der Waals surface area contributed by atoms with Gasteiger partial charge in [0, 0.05) is 23.6 Å². The third-order valence-electron chi connectivity index (χ3n) is 3.78. The highest BCUT2D eigenvalue weighted by molar-refractivity contribution is 9.10. The largest absolute Gasteiger partial charge is 0.313 e. The van der Waals surface area contributed by atoms with Crippen molar-refractivity contribution in [2.24, 2.45) is 0 Å². The molecule has 1 heterocycles. The van der Waals surface area contributed by atoms with E-state index in [9.17, 15) is 0 Å². The predicted molar refractivity (Wildman–Crippen MR) is 85.5 cm³/mol. The maximum Gasteiger partial charge on any atom is 0.0245 e. The Bertz CT molecular complexity index is 400. The lowest BCUT2D eigenvalue weighted by atomic mass is 10.1. The van der Waals surface area contributed by atoms with Crippen LogP contribution in [0, 0.1) is 6.92 Å². The quantitative estimate of drug-likeness (QED) is 0.857. The maximum atomic E-state index is 3.70. The highest BCUT2D eigenvalue weighted by Crippen LogP contribution is 2.20. The highest BCUT2D eigenvalue weighted by atomic mass is 79.9. The molecule has 1 atom stereocenters. The Labute approximate surface area is 125 Å². The normalized spacial score (nSPS) is 19.3. The third kappa shape index (κ3) is 4.59. The molecular formula is C16H25BrN2. The molecule has 0 bridgehead atoms. The zero-order valence-corrected chi connectivity index (χ0v) is 13.7. The second kappa shape index (κ2) is 7.41. The molecule has 3 heteroatoms. The van der Waals surface area contributed by atoms with E-state index in [0.717, 1.165) is 6.54 Å². The molecule has 1 N–H and O–H groups in total. The molecule has 1 aromatic rings. The number of rotatable bonds is 6. The summed E-state index contributed by atoms with van der Waals surface area (Å²) in [5.74, 6) is 0. The van der Waals surface area contributed by atoms with Crippen molar-refractivity contribution in [1.29, 1.82) is 0 Å². The van der Waals surface area contributed by atoms with Crippen LogP contribution in [0.15, 0.2) is 22.7 Å². The van der Waals surface area contributed by atoms with Crippen molar-refractivity contribution in [3.8, 4) is 0 Å². The van der Waals surface area contributed by atoms with Crippen LogP contribution in [0.4, 0.5) is 0 Å². The minimum Gasteiger partial charge on any atom is -0.313 e. The summed E-state index contributed by atoms with van der Waals surface area (Å²) in [6.45, 7) is 9.00. The minimum absolute atomic E-state index is 0.691. The van der Waals surface area contributed by atoms with E-state index in [4.69, 9.17) is 0 Å². The van der Waals surface area contributed by atoms with Crippen LogP contribution in [0.2, 0.25) is 0 Å². The Kier molecular flexibility index (Phi) is 5.86. The molecule has 1 unspecified atom stereocenters. The zero-order chi connectivity index (χ0) is 13.7. The molecule has 2 nitrogen and oxygen atoms in total. The molecule has 0 spiro atoms. The summed E-state index contributed by atoms with van der Waals surface area (Å²) in [5.41, 5.74) is 2.71. The van der Waals surface area contributed by atoms with E-state index in [1.165, 1.54) is 54.5 Å². The first kappa shape index (κ1) is 15.0. The predicted octanol–water partition coefficient (Wildman–Crippen LogP) is 3.72. The van der Waals surface area contributed by atoms with Gasteiger partial charge >= 0.3 is 0 Å². The molecule has 2 rings (SSSR count). The number of nitrogens with one attached hydrogen (secondary N) is 1. The number of hydrogen-bond donors (Lipinski definition) is 1. The Morgan fingerprint density at radius 2 is 2.26 bits per heavy atom. The number of benzene rings is 1. The second-order valence-corrected chi connectivity index (χ2v) is 6.48. The van der Waals surface area contributed by atoms with Gasteiger partial charge < -0.3 is 5.32 Å². The lowest BCUT2D eigenvalue weighted by Gasteiger charge is -2.25. The summed E-state index contributed by atoms with van der Waals surface area (Å²) in [7, 11) is 0. The van der Waals surface area contributed by atoms with Crippen LogP contribution >= 0.6 is 15.9 Å². The molecule has 0 radical (unpaired) electrons. The average molecular weight is 325 g/mol. The highest BCUT2D eigenvalue weighted by Gasteiger charge is 2.18. The van der Waals surface area contributed by atoms with E-state index in [0.29, 0.717) is 6.04 Å². The lowest BCUT2D eigenvalue weighted by Crippen LogP contribution is -2.37. The van der Waals surface area contributed by atoms with Gasteiger partial charge in [0.05, 0.1) is 0 Å². The molecule has 1 fully saturated rings. The number of nitrogens with zero attached hydrogens (tertiary/aromatic N) is 1. The smallest absolute Gasteiger partial charge is 0.0245 e. The van der Waals surface area contributed by atoms with Crippen LogP contribution in [0.3, 0.4) is 0 Å². The van der Waals surface area contributed by atoms with E-state index in [-0.39, 0.29) is 0 Å². The van der Waals surface area contributed by atoms with Crippen molar-refractivity contribution < 1.29 is 0 Å². The number of halogens is 1. The second-order valence-electron chi connectivity index (χ2n) is 5.62. The van der Waals surface area contributed by atoms with Crippen LogP contribution in [0.25, 0.3) is 0 Å². The van der Waals surface area contributed by atoms with Gasteiger partial charge in [0.25, 0.3) is 0 Å². The SMILES string of the molecule is CCCN(Cc1ccc(C)cc1Br)CC1CCCN1. The summed E-state index contributed by atoms with van der Waals surface area (Å²) < 4.78 is 1.24. The van der Waals surface area contributed by atoms with Gasteiger partial charge in [0.1, 0.15) is 0 Å². The summed E-state index contributed by atoms with van der Waals surface area (Å²) in [5, 5.41) is 3.60. The molecular weight excluding hydrogens is 300 g/mol. The topological polar surface area (TPSA) is 15.3 Å². The molecule has 1 aromatic carbocycles. The summed E-state index contributed by atoms with van der Waals surface area (Å²) in [6, 6.07) is 7.37. The molecule has 1 aliphatic rings. The molecule has 19 heavy (non-hydrogen) atoms. The molecule has 0 amide bonds. The Balaban J connectivity index is 1.98. The summed E-state index contributed by atoms with van der Waals surface area (Å²) in [4.78, 5) is 2.58. The van der Waals surface area contributed by atoms with Gasteiger partial charge in [-0.3, -0.25) is 4.90 Å². The fourth-order valence-corrected chi connectivity index (χ4v) is 3.42. The van der Waals surface area contributed by atoms with Crippen molar-refractivity contribution in [1.82, 2.24) is 10.2 Å². The van der Waals surface area contributed by atoms with Crippen molar-refractivity contribution >= 4 is 15.9 Å². The molecule has 1 aliphatic heterocycles. The lowest BCUT2D eigenvalue weighted by molar-refractivity contribution is 0.241. The average Bonchev–Trinajstić information content (AvgIpc) is 2.86. The Morgan fingerprint density at radius 1 is 1.42 bits per heavy atom. The van der Waals surface area contributed by atoms with Gasteiger partial charge in [-0.25, -0.2) is 0 Å². The van der Waals surface area contributed by atoms with Crippen LogP contribution in [0.1, 0.15) is 37.3 Å². The Hall–Kier alpha value is -0.380. The third-order valence-corrected chi connectivity index (χ3v) is 4.52. The maximum absolute atomic E-state index is 3.70. The van der Waals surface area contributed by atoms with Gasteiger partial charge in [-0.2, -0.15) is 0 Å². The minimum atomic E-state index is 0.691. The van der Waals surface area contributed by atoms with Gasteiger partial charge in [0.15, 0.2) is 0 Å². The van der Waals surface area contributed by atoms with Gasteiger partial charge in [-0.05, 0) is 56.5 Å². The fourth-order valence-electron chi connectivity index (χ4n) is 2.80. The van der Waals surface area contributed by atoms with E-state index in [2.05, 4.69) is 58.2 Å². The molecule has 1 saturated heterocycles. The number of hydrogen-bond acceptors (Lipinski definition) is 2. The van der Waals surface area contributed by atoms with Crippen molar-refractivity contribution in [3.63, 3.8) is 0 Å². The summed E-state index contributed by atoms with van der Waals surface area (Å²) >= 11 is 3.70. The van der Waals surface area contributed by atoms with E-state index in [1.807, 2.05) is 0 Å². The molecule has 0 aromatic heterocycles. The van der Waals surface area contributed by atoms with Crippen LogP contribution < -0.4 is 5.32 Å². The standard InChI is InChI=1S/C16H25BrN2/c1-3-9-19(12-15-5-4-8-18-15)11-14-7-6-13(2)10-16(14)17/h6-7,10,15,18H,3-5,8-9,11-12H2,1-2H3. The Morgan fingerprint density at radius 3 is 2.89 bits per heavy atom. The van der Waals surface area contributed by atoms with E-state index >= 15 is 0 Å². The monoisotopic (exact) mass is 324 g/mol.